The van der Waals surface area contributed by atoms with E-state index in [4.69, 9.17) is 4.74 Å². The summed E-state index contributed by atoms with van der Waals surface area (Å²) >= 11 is 0. The highest BCUT2D eigenvalue weighted by Gasteiger charge is 2.75. The molecule has 2 saturated carbocycles. The average Bonchev–Trinajstić information content (AvgIpc) is 2.93. The summed E-state index contributed by atoms with van der Waals surface area (Å²) in [4.78, 5) is 27.0. The van der Waals surface area contributed by atoms with Gasteiger partial charge in [0.05, 0.1) is 23.2 Å². The SMILES string of the molecule is CC(C)=C[C@H]1C[C@](C)(O)[C@H]2[C@@H](C[C@@]3(C)[C@@H]4CC=C5[C@@H](C=C(O)C(=O)C5(C)C)[C@]4(C)C(=O)C[C@]23C)O1. The predicted octanol–water partition coefficient (Wildman–Crippen LogP) is 5.49. The smallest absolute Gasteiger partial charge is 0.206 e. The van der Waals surface area contributed by atoms with Crippen molar-refractivity contribution in [1.29, 1.82) is 0 Å². The van der Waals surface area contributed by atoms with Crippen LogP contribution in [0.1, 0.15) is 81.1 Å². The maximum atomic E-state index is 14.2. The number of fused-ring (bicyclic) bond motifs is 7. The van der Waals surface area contributed by atoms with E-state index < -0.39 is 21.8 Å². The molecule has 0 unspecified atom stereocenters. The fourth-order valence-corrected chi connectivity index (χ4v) is 9.44. The van der Waals surface area contributed by atoms with Gasteiger partial charge in [0.15, 0.2) is 5.76 Å². The van der Waals surface area contributed by atoms with Gasteiger partial charge >= 0.3 is 0 Å². The number of rotatable bonds is 1. The van der Waals surface area contributed by atoms with E-state index >= 15 is 0 Å². The van der Waals surface area contributed by atoms with E-state index in [0.29, 0.717) is 19.3 Å². The van der Waals surface area contributed by atoms with Crippen LogP contribution < -0.4 is 0 Å². The first-order valence-corrected chi connectivity index (χ1v) is 13.2. The van der Waals surface area contributed by atoms with Crippen LogP contribution in [0.15, 0.2) is 35.1 Å². The Morgan fingerprint density at radius 3 is 2.34 bits per heavy atom. The van der Waals surface area contributed by atoms with E-state index in [1.165, 1.54) is 5.57 Å². The molecule has 9 atom stereocenters. The Labute approximate surface area is 209 Å². The van der Waals surface area contributed by atoms with Crippen LogP contribution >= 0.6 is 0 Å². The normalized spacial score (nSPS) is 50.3. The number of carbonyl (C=O) groups is 2. The molecule has 0 bridgehead atoms. The van der Waals surface area contributed by atoms with Gasteiger partial charge in [-0.2, -0.15) is 0 Å². The number of aliphatic hydroxyl groups is 2. The third-order valence-electron chi connectivity index (χ3n) is 11.2. The van der Waals surface area contributed by atoms with Crippen LogP contribution in [0.25, 0.3) is 0 Å². The Morgan fingerprint density at radius 2 is 1.71 bits per heavy atom. The van der Waals surface area contributed by atoms with Crippen molar-refractivity contribution in [3.05, 3.63) is 35.1 Å². The second-order valence-electron chi connectivity index (χ2n) is 13.8. The third kappa shape index (κ3) is 3.00. The molecule has 5 aliphatic rings. The second-order valence-corrected chi connectivity index (χ2v) is 13.8. The van der Waals surface area contributed by atoms with E-state index in [-0.39, 0.29) is 52.7 Å². The lowest BCUT2D eigenvalue weighted by molar-refractivity contribution is -0.198. The lowest BCUT2D eigenvalue weighted by Crippen LogP contribution is -2.64. The maximum absolute atomic E-state index is 14.2. The lowest BCUT2D eigenvalue weighted by Gasteiger charge is -2.64. The number of ether oxygens (including phenoxy) is 1. The van der Waals surface area contributed by atoms with Crippen LogP contribution in [0.5, 0.6) is 0 Å². The van der Waals surface area contributed by atoms with Gasteiger partial charge in [-0.25, -0.2) is 0 Å². The van der Waals surface area contributed by atoms with Gasteiger partial charge in [-0.15, -0.1) is 0 Å². The van der Waals surface area contributed by atoms with E-state index in [0.717, 1.165) is 12.0 Å². The standard InChI is InChI=1S/C30H42O5/c1-16(2)11-17-13-29(7,34)24-21(35-17)14-27(5)22-10-9-18-19(12-20(31)25(33)26(18,3)4)30(22,8)23(32)15-28(24,27)6/h9,11-12,17,19,21-22,24,31,34H,10,13-15H2,1-8H3/t17-,19+,21+,22-,24-,27-,28+,29-,30-/m0/s1. The molecule has 1 aliphatic heterocycles. The predicted molar refractivity (Wildman–Crippen MR) is 135 cm³/mol. The Hall–Kier alpha value is -1.72. The highest BCUT2D eigenvalue weighted by molar-refractivity contribution is 6.02. The van der Waals surface area contributed by atoms with Crippen molar-refractivity contribution in [3.8, 4) is 0 Å². The van der Waals surface area contributed by atoms with Gasteiger partial charge < -0.3 is 14.9 Å². The minimum Gasteiger partial charge on any atom is -0.505 e. The summed E-state index contributed by atoms with van der Waals surface area (Å²) in [6, 6.07) is 0. The number of aliphatic hydroxyl groups excluding tert-OH is 1. The van der Waals surface area contributed by atoms with Crippen LogP contribution in [0, 0.1) is 39.4 Å². The van der Waals surface area contributed by atoms with E-state index in [1.807, 2.05) is 20.8 Å². The Kier molecular flexibility index (Phi) is 5.13. The number of allylic oxidation sites excluding steroid dienone is 5. The molecule has 0 aromatic heterocycles. The lowest BCUT2D eigenvalue weighted by atomic mass is 9.39. The molecule has 5 rings (SSSR count). The molecule has 0 aromatic carbocycles. The van der Waals surface area contributed by atoms with Crippen molar-refractivity contribution in [3.63, 3.8) is 0 Å². The summed E-state index contributed by atoms with van der Waals surface area (Å²) in [6.07, 6.45) is 8.08. The Morgan fingerprint density at radius 1 is 1.06 bits per heavy atom. The first kappa shape index (κ1) is 25.0. The molecule has 0 radical (unpaired) electrons. The topological polar surface area (TPSA) is 83.8 Å². The van der Waals surface area contributed by atoms with Gasteiger partial charge in [0, 0.05) is 30.1 Å². The minimum absolute atomic E-state index is 0.0231. The first-order valence-electron chi connectivity index (χ1n) is 13.2. The number of hydrogen-bond donors (Lipinski definition) is 2. The van der Waals surface area contributed by atoms with Crippen molar-refractivity contribution < 1.29 is 24.5 Å². The minimum atomic E-state index is -0.937. The molecule has 35 heavy (non-hydrogen) atoms. The fraction of sp³-hybridized carbons (Fsp3) is 0.733. The van der Waals surface area contributed by atoms with Crippen LogP contribution in [0.2, 0.25) is 0 Å². The summed E-state index contributed by atoms with van der Waals surface area (Å²) < 4.78 is 6.64. The van der Waals surface area contributed by atoms with E-state index in [2.05, 4.69) is 46.8 Å². The monoisotopic (exact) mass is 482 g/mol. The third-order valence-corrected chi connectivity index (χ3v) is 11.2. The number of carbonyl (C=O) groups excluding carboxylic acids is 2. The molecule has 0 spiro atoms. The average molecular weight is 483 g/mol. The molecule has 0 aromatic rings. The van der Waals surface area contributed by atoms with Gasteiger partial charge in [0.25, 0.3) is 0 Å². The largest absolute Gasteiger partial charge is 0.505 e. The van der Waals surface area contributed by atoms with E-state index in [1.54, 1.807) is 6.08 Å². The summed E-state index contributed by atoms with van der Waals surface area (Å²) in [6.45, 7) is 16.3. The molecule has 2 N–H and O–H groups in total. The summed E-state index contributed by atoms with van der Waals surface area (Å²) in [5, 5.41) is 22.4. The maximum Gasteiger partial charge on any atom is 0.206 e. The van der Waals surface area contributed by atoms with Crippen LogP contribution in [0.3, 0.4) is 0 Å². The van der Waals surface area contributed by atoms with Crippen molar-refractivity contribution in [2.75, 3.05) is 0 Å². The van der Waals surface area contributed by atoms with Gasteiger partial charge in [-0.1, -0.05) is 44.1 Å². The second kappa shape index (κ2) is 7.19. The van der Waals surface area contributed by atoms with Crippen molar-refractivity contribution in [1.82, 2.24) is 0 Å². The molecular formula is C30H42O5. The highest BCUT2D eigenvalue weighted by atomic mass is 16.5. The zero-order valence-electron chi connectivity index (χ0n) is 22.6. The molecule has 5 heteroatoms. The van der Waals surface area contributed by atoms with Crippen molar-refractivity contribution in [2.24, 2.45) is 39.4 Å². The zero-order chi connectivity index (χ0) is 25.9. The van der Waals surface area contributed by atoms with Crippen molar-refractivity contribution >= 4 is 11.6 Å². The molecular weight excluding hydrogens is 440 g/mol. The van der Waals surface area contributed by atoms with Gasteiger partial charge in [0.2, 0.25) is 5.78 Å². The molecule has 1 saturated heterocycles. The van der Waals surface area contributed by atoms with Crippen LogP contribution in [-0.2, 0) is 14.3 Å². The summed E-state index contributed by atoms with van der Waals surface area (Å²) in [7, 11) is 0. The number of Topliss-reactive ketones (excluding diaryl/α,β-unsaturated/α-hetero) is 2. The Balaban J connectivity index is 1.63. The fourth-order valence-electron chi connectivity index (χ4n) is 9.44. The number of hydrogen-bond acceptors (Lipinski definition) is 5. The molecule has 0 amide bonds. The quantitative estimate of drug-likeness (QED) is 0.483. The summed E-state index contributed by atoms with van der Waals surface area (Å²) in [5.74, 6) is -0.728. The zero-order valence-corrected chi connectivity index (χ0v) is 22.6. The molecule has 1 heterocycles. The molecule has 5 nitrogen and oxygen atoms in total. The van der Waals surface area contributed by atoms with Crippen LogP contribution in [-0.4, -0.2) is 39.6 Å². The van der Waals surface area contributed by atoms with Crippen molar-refractivity contribution in [2.45, 2.75) is 98.9 Å². The first-order chi connectivity index (χ1) is 16.0. The molecule has 4 aliphatic carbocycles. The van der Waals surface area contributed by atoms with E-state index in [9.17, 15) is 19.8 Å². The summed E-state index contributed by atoms with van der Waals surface area (Å²) in [5.41, 5.74) is -1.00. The van der Waals surface area contributed by atoms with Gasteiger partial charge in [-0.3, -0.25) is 9.59 Å². The van der Waals surface area contributed by atoms with Gasteiger partial charge in [-0.05, 0) is 70.3 Å². The molecule has 3 fully saturated rings. The molecule has 192 valence electrons. The number of ketones is 2. The highest BCUT2D eigenvalue weighted by Crippen LogP contribution is 2.74. The van der Waals surface area contributed by atoms with Crippen LogP contribution in [0.4, 0.5) is 0 Å². The van der Waals surface area contributed by atoms with Gasteiger partial charge in [0.1, 0.15) is 5.78 Å². The Bertz CT molecular complexity index is 1090.